The van der Waals surface area contributed by atoms with E-state index in [1.165, 1.54) is 17.7 Å². The maximum Gasteiger partial charge on any atom is 0.0865 e. The molecule has 13 heavy (non-hydrogen) atoms. The molecule has 2 atom stereocenters. The Morgan fingerprint density at radius 1 is 1.38 bits per heavy atom. The Balaban J connectivity index is 2.17. The van der Waals surface area contributed by atoms with E-state index in [0.29, 0.717) is 11.6 Å². The molecule has 0 radical (unpaired) electrons. The Morgan fingerprint density at radius 3 is 3.15 bits per heavy atom. The molecule has 2 N–H and O–H groups in total. The first-order valence-electron chi connectivity index (χ1n) is 4.90. The molecule has 0 aromatic heterocycles. The zero-order valence-corrected chi connectivity index (χ0v) is 7.80. The van der Waals surface area contributed by atoms with Crippen LogP contribution in [0.1, 0.15) is 18.9 Å². The van der Waals surface area contributed by atoms with E-state index in [2.05, 4.69) is 41.8 Å². The quantitative estimate of drug-likeness (QED) is 0.625. The molecule has 1 aromatic rings. The van der Waals surface area contributed by atoms with Crippen molar-refractivity contribution in [1.29, 1.82) is 0 Å². The van der Waals surface area contributed by atoms with Gasteiger partial charge in [-0.15, -0.1) is 0 Å². The second kappa shape index (κ2) is 2.26. The Bertz CT molecular complexity index is 348. The molecule has 2 nitrogen and oxygen atoms in total. The number of benzene rings is 1. The lowest BCUT2D eigenvalue weighted by Crippen LogP contribution is -2.38. The monoisotopic (exact) mass is 174 g/mol. The number of anilines is 1. The Hall–Kier alpha value is -1.02. The summed E-state index contributed by atoms with van der Waals surface area (Å²) in [4.78, 5) is 0. The molecule has 0 bridgehead atoms. The first-order chi connectivity index (χ1) is 6.31. The predicted octanol–water partition coefficient (Wildman–Crippen LogP) is 1.69. The van der Waals surface area contributed by atoms with Crippen molar-refractivity contribution in [2.45, 2.75) is 24.9 Å². The molecule has 2 heterocycles. The summed E-state index contributed by atoms with van der Waals surface area (Å²) >= 11 is 0. The fourth-order valence-electron chi connectivity index (χ4n) is 2.61. The van der Waals surface area contributed by atoms with E-state index in [1.807, 2.05) is 0 Å². The van der Waals surface area contributed by atoms with E-state index in [9.17, 15) is 0 Å². The third-order valence-corrected chi connectivity index (χ3v) is 3.47. The Labute approximate surface area is 78.3 Å². The highest BCUT2D eigenvalue weighted by molar-refractivity contribution is 5.62. The number of nitrogens with one attached hydrogen (secondary N) is 2. The lowest BCUT2D eigenvalue weighted by atomic mass is 9.82. The van der Waals surface area contributed by atoms with Crippen molar-refractivity contribution in [2.24, 2.45) is 0 Å². The molecule has 1 aromatic carbocycles. The van der Waals surface area contributed by atoms with Crippen LogP contribution < -0.4 is 10.6 Å². The molecule has 1 saturated heterocycles. The summed E-state index contributed by atoms with van der Waals surface area (Å²) in [6.45, 7) is 3.47. The van der Waals surface area contributed by atoms with Crippen molar-refractivity contribution in [3.8, 4) is 0 Å². The molecule has 0 unspecified atom stereocenters. The van der Waals surface area contributed by atoms with Gasteiger partial charge in [0.15, 0.2) is 0 Å². The van der Waals surface area contributed by atoms with Crippen molar-refractivity contribution in [3.63, 3.8) is 0 Å². The van der Waals surface area contributed by atoms with Crippen LogP contribution in [0.4, 0.5) is 5.69 Å². The highest BCUT2D eigenvalue weighted by Gasteiger charge is 2.45. The van der Waals surface area contributed by atoms with Crippen molar-refractivity contribution in [3.05, 3.63) is 29.8 Å². The third-order valence-electron chi connectivity index (χ3n) is 3.47. The minimum absolute atomic E-state index is 0.316. The van der Waals surface area contributed by atoms with Crippen LogP contribution in [0.3, 0.4) is 0 Å². The van der Waals surface area contributed by atoms with Crippen LogP contribution in [-0.4, -0.2) is 12.7 Å². The van der Waals surface area contributed by atoms with Crippen molar-refractivity contribution < 1.29 is 0 Å². The number of fused-ring (bicyclic) bond motifs is 3. The lowest BCUT2D eigenvalue weighted by Gasteiger charge is -2.23. The van der Waals surface area contributed by atoms with E-state index in [0.717, 1.165) is 6.54 Å². The van der Waals surface area contributed by atoms with E-state index in [4.69, 9.17) is 0 Å². The van der Waals surface area contributed by atoms with Gasteiger partial charge >= 0.3 is 0 Å². The second-order valence-electron chi connectivity index (χ2n) is 4.24. The van der Waals surface area contributed by atoms with Gasteiger partial charge in [-0.1, -0.05) is 25.1 Å². The van der Waals surface area contributed by atoms with Gasteiger partial charge in [-0.2, -0.15) is 0 Å². The van der Waals surface area contributed by atoms with E-state index in [1.54, 1.807) is 0 Å². The lowest BCUT2D eigenvalue weighted by molar-refractivity contribution is 0.463. The largest absolute Gasteiger partial charge is 0.369 e. The maximum absolute atomic E-state index is 3.53. The number of hydrogen-bond donors (Lipinski definition) is 2. The van der Waals surface area contributed by atoms with Crippen LogP contribution in [0.25, 0.3) is 0 Å². The average Bonchev–Trinajstić information content (AvgIpc) is 2.60. The summed E-state index contributed by atoms with van der Waals surface area (Å²) in [5.41, 5.74) is 3.10. The van der Waals surface area contributed by atoms with Gasteiger partial charge in [-0.3, -0.25) is 5.32 Å². The van der Waals surface area contributed by atoms with Crippen molar-refractivity contribution in [2.75, 3.05) is 11.9 Å². The van der Waals surface area contributed by atoms with Crippen LogP contribution in [-0.2, 0) is 5.41 Å². The fourth-order valence-corrected chi connectivity index (χ4v) is 2.61. The summed E-state index contributed by atoms with van der Waals surface area (Å²) < 4.78 is 0. The van der Waals surface area contributed by atoms with Gasteiger partial charge in [-0.05, 0) is 24.6 Å². The predicted molar refractivity (Wildman–Crippen MR) is 53.8 cm³/mol. The standard InChI is InChI=1S/C11H14N2/c1-11-6-7-12-10(11)13-9-5-3-2-4-8(9)11/h2-5,10,12-13H,6-7H2,1H3/t10-,11+/m1/s1. The Kier molecular flexibility index (Phi) is 1.29. The summed E-state index contributed by atoms with van der Waals surface area (Å²) in [5.74, 6) is 0. The summed E-state index contributed by atoms with van der Waals surface area (Å²) in [7, 11) is 0. The molecular formula is C11H14N2. The molecular weight excluding hydrogens is 160 g/mol. The molecule has 2 aliphatic rings. The maximum atomic E-state index is 3.53. The molecule has 0 saturated carbocycles. The van der Waals surface area contributed by atoms with Crippen LogP contribution in [0.2, 0.25) is 0 Å². The highest BCUT2D eigenvalue weighted by atomic mass is 15.2. The van der Waals surface area contributed by atoms with E-state index < -0.39 is 0 Å². The minimum Gasteiger partial charge on any atom is -0.369 e. The van der Waals surface area contributed by atoms with Crippen LogP contribution >= 0.6 is 0 Å². The first-order valence-corrected chi connectivity index (χ1v) is 4.90. The average molecular weight is 174 g/mol. The normalized spacial score (nSPS) is 35.3. The summed E-state index contributed by atoms with van der Waals surface area (Å²) in [5, 5.41) is 7.02. The molecule has 0 spiro atoms. The molecule has 0 amide bonds. The molecule has 2 heteroatoms. The molecule has 3 rings (SSSR count). The van der Waals surface area contributed by atoms with E-state index >= 15 is 0 Å². The van der Waals surface area contributed by atoms with Gasteiger partial charge in [0.25, 0.3) is 0 Å². The van der Waals surface area contributed by atoms with Crippen LogP contribution in [0, 0.1) is 0 Å². The highest BCUT2D eigenvalue weighted by Crippen LogP contribution is 2.44. The number of para-hydroxylation sites is 1. The van der Waals surface area contributed by atoms with Crippen molar-refractivity contribution in [1.82, 2.24) is 5.32 Å². The van der Waals surface area contributed by atoms with Gasteiger partial charge in [0.05, 0.1) is 6.17 Å². The Morgan fingerprint density at radius 2 is 2.23 bits per heavy atom. The number of rotatable bonds is 0. The van der Waals surface area contributed by atoms with Gasteiger partial charge in [0, 0.05) is 11.1 Å². The first kappa shape index (κ1) is 7.39. The SMILES string of the molecule is C[C@@]12CCN[C@@H]1Nc1ccccc12. The molecule has 0 aliphatic carbocycles. The van der Waals surface area contributed by atoms with Gasteiger partial charge in [0.1, 0.15) is 0 Å². The molecule has 68 valence electrons. The zero-order valence-electron chi connectivity index (χ0n) is 7.80. The van der Waals surface area contributed by atoms with Crippen molar-refractivity contribution >= 4 is 5.69 Å². The number of hydrogen-bond acceptors (Lipinski definition) is 2. The zero-order chi connectivity index (χ0) is 8.89. The van der Waals surface area contributed by atoms with Gasteiger partial charge < -0.3 is 5.32 Å². The van der Waals surface area contributed by atoms with Gasteiger partial charge in [-0.25, -0.2) is 0 Å². The molecule has 2 aliphatic heterocycles. The fraction of sp³-hybridized carbons (Fsp3) is 0.455. The van der Waals surface area contributed by atoms with Crippen LogP contribution in [0.5, 0.6) is 0 Å². The van der Waals surface area contributed by atoms with Gasteiger partial charge in [0.2, 0.25) is 0 Å². The summed E-state index contributed by atoms with van der Waals surface area (Å²) in [6, 6.07) is 8.64. The third kappa shape index (κ3) is 0.814. The smallest absolute Gasteiger partial charge is 0.0865 e. The minimum atomic E-state index is 0.316. The summed E-state index contributed by atoms with van der Waals surface area (Å²) in [6.07, 6.45) is 1.69. The van der Waals surface area contributed by atoms with Crippen LogP contribution in [0.15, 0.2) is 24.3 Å². The second-order valence-corrected chi connectivity index (χ2v) is 4.24. The topological polar surface area (TPSA) is 24.1 Å². The molecule has 1 fully saturated rings. The van der Waals surface area contributed by atoms with E-state index in [-0.39, 0.29) is 0 Å².